The van der Waals surface area contributed by atoms with Crippen molar-refractivity contribution >= 4 is 5.91 Å². The Balaban J connectivity index is 1.75. The van der Waals surface area contributed by atoms with Crippen molar-refractivity contribution < 1.29 is 18.8 Å². The molecule has 0 spiro atoms. The van der Waals surface area contributed by atoms with Gasteiger partial charge < -0.3 is 19.3 Å². The largest absolute Gasteiger partial charge is 0.490 e. The molecule has 1 unspecified atom stereocenters. The molecule has 0 radical (unpaired) electrons. The van der Waals surface area contributed by atoms with Crippen LogP contribution in [0.1, 0.15) is 87.4 Å². The highest BCUT2D eigenvalue weighted by Gasteiger charge is 2.31. The molecule has 1 aliphatic rings. The Hall–Kier alpha value is -2.57. The normalized spacial score (nSPS) is 14.7. The van der Waals surface area contributed by atoms with Gasteiger partial charge in [-0.15, -0.1) is 0 Å². The maximum Gasteiger partial charge on any atom is 0.252 e. The molecule has 0 aliphatic heterocycles. The van der Waals surface area contributed by atoms with Crippen molar-refractivity contribution in [2.75, 3.05) is 13.2 Å². The highest BCUT2D eigenvalue weighted by molar-refractivity contribution is 5.95. The predicted octanol–water partition coefficient (Wildman–Crippen LogP) is 4.65. The first-order valence-electron chi connectivity index (χ1n) is 10.6. The SMILES string of the molecule is CCCOc1ccc(C(=O)NC(c2nc(C3CC3)no2)C(C)C)cc1OCCC. The number of nitrogens with one attached hydrogen (secondary N) is 1. The highest BCUT2D eigenvalue weighted by atomic mass is 16.5. The molecule has 1 aromatic heterocycles. The van der Waals surface area contributed by atoms with Crippen LogP contribution in [0.4, 0.5) is 0 Å². The second kappa shape index (κ2) is 9.76. The average Bonchev–Trinajstić information content (AvgIpc) is 3.46. The van der Waals surface area contributed by atoms with Gasteiger partial charge in [-0.3, -0.25) is 4.79 Å². The van der Waals surface area contributed by atoms with Crippen molar-refractivity contribution in [3.05, 3.63) is 35.5 Å². The van der Waals surface area contributed by atoms with Crippen LogP contribution in [0.2, 0.25) is 0 Å². The van der Waals surface area contributed by atoms with Gasteiger partial charge in [0, 0.05) is 11.5 Å². The number of nitrogens with zero attached hydrogens (tertiary/aromatic N) is 2. The van der Waals surface area contributed by atoms with E-state index in [9.17, 15) is 4.79 Å². The summed E-state index contributed by atoms with van der Waals surface area (Å²) in [6.45, 7) is 9.29. The molecule has 1 atom stereocenters. The van der Waals surface area contributed by atoms with Gasteiger partial charge in [0.15, 0.2) is 17.3 Å². The molecule has 1 aromatic carbocycles. The van der Waals surface area contributed by atoms with E-state index in [-0.39, 0.29) is 17.9 Å². The number of hydrogen-bond donors (Lipinski definition) is 1. The number of benzene rings is 1. The fourth-order valence-corrected chi connectivity index (χ4v) is 2.92. The summed E-state index contributed by atoms with van der Waals surface area (Å²) in [5.41, 5.74) is 0.507. The van der Waals surface area contributed by atoms with Crippen LogP contribution in [-0.4, -0.2) is 29.3 Å². The molecule has 29 heavy (non-hydrogen) atoms. The van der Waals surface area contributed by atoms with Crippen LogP contribution in [-0.2, 0) is 0 Å². The van der Waals surface area contributed by atoms with E-state index in [4.69, 9.17) is 14.0 Å². The van der Waals surface area contributed by atoms with Gasteiger partial charge in [-0.25, -0.2) is 0 Å². The van der Waals surface area contributed by atoms with E-state index < -0.39 is 0 Å². The number of ether oxygens (including phenoxy) is 2. The number of aromatic nitrogens is 2. The Kier molecular flexibility index (Phi) is 7.12. The fourth-order valence-electron chi connectivity index (χ4n) is 2.92. The monoisotopic (exact) mass is 401 g/mol. The molecule has 1 heterocycles. The van der Waals surface area contributed by atoms with Crippen molar-refractivity contribution in [1.29, 1.82) is 0 Å². The Morgan fingerprint density at radius 2 is 1.86 bits per heavy atom. The van der Waals surface area contributed by atoms with Crippen molar-refractivity contribution in [2.45, 2.75) is 65.3 Å². The third-order valence-electron chi connectivity index (χ3n) is 4.75. The number of carbonyl (C=O) groups excluding carboxylic acids is 1. The number of rotatable bonds is 11. The summed E-state index contributed by atoms with van der Waals surface area (Å²) in [7, 11) is 0. The number of hydrogen-bond acceptors (Lipinski definition) is 6. The first kappa shape index (κ1) is 21.1. The maximum absolute atomic E-state index is 12.9. The highest BCUT2D eigenvalue weighted by Crippen LogP contribution is 2.38. The van der Waals surface area contributed by atoms with Crippen molar-refractivity contribution in [3.8, 4) is 11.5 Å². The summed E-state index contributed by atoms with van der Waals surface area (Å²) in [6.07, 6.45) is 3.98. The molecule has 1 N–H and O–H groups in total. The average molecular weight is 402 g/mol. The lowest BCUT2D eigenvalue weighted by molar-refractivity contribution is 0.0913. The molecule has 1 saturated carbocycles. The van der Waals surface area contributed by atoms with E-state index in [1.165, 1.54) is 0 Å². The van der Waals surface area contributed by atoms with Gasteiger partial charge in [0.1, 0.15) is 6.04 Å². The van der Waals surface area contributed by atoms with E-state index in [0.29, 0.717) is 42.1 Å². The second-order valence-corrected chi connectivity index (χ2v) is 7.82. The molecule has 1 aliphatic carbocycles. The van der Waals surface area contributed by atoms with Crippen molar-refractivity contribution in [3.63, 3.8) is 0 Å². The van der Waals surface area contributed by atoms with Gasteiger partial charge >= 0.3 is 0 Å². The second-order valence-electron chi connectivity index (χ2n) is 7.82. The predicted molar refractivity (Wildman–Crippen MR) is 109 cm³/mol. The molecular formula is C22H31N3O4. The van der Waals surface area contributed by atoms with Gasteiger partial charge in [0.2, 0.25) is 5.89 Å². The molecule has 7 nitrogen and oxygen atoms in total. The Morgan fingerprint density at radius 1 is 1.17 bits per heavy atom. The molecular weight excluding hydrogens is 370 g/mol. The van der Waals surface area contributed by atoms with Crippen molar-refractivity contribution in [2.24, 2.45) is 5.92 Å². The van der Waals surface area contributed by atoms with Crippen LogP contribution in [0, 0.1) is 5.92 Å². The minimum Gasteiger partial charge on any atom is -0.490 e. The summed E-state index contributed by atoms with van der Waals surface area (Å²) < 4.78 is 17.0. The van der Waals surface area contributed by atoms with Gasteiger partial charge in [-0.2, -0.15) is 4.98 Å². The van der Waals surface area contributed by atoms with E-state index in [1.807, 2.05) is 27.7 Å². The van der Waals surface area contributed by atoms with Crippen LogP contribution < -0.4 is 14.8 Å². The third kappa shape index (κ3) is 5.49. The summed E-state index contributed by atoms with van der Waals surface area (Å²) in [6, 6.07) is 4.92. The summed E-state index contributed by atoms with van der Waals surface area (Å²) in [4.78, 5) is 17.4. The molecule has 3 rings (SSSR count). The van der Waals surface area contributed by atoms with Crippen LogP contribution in [0.25, 0.3) is 0 Å². The molecule has 1 fully saturated rings. The van der Waals surface area contributed by atoms with Crippen LogP contribution in [0.3, 0.4) is 0 Å². The zero-order valence-electron chi connectivity index (χ0n) is 17.7. The lowest BCUT2D eigenvalue weighted by Gasteiger charge is -2.19. The van der Waals surface area contributed by atoms with E-state index >= 15 is 0 Å². The smallest absolute Gasteiger partial charge is 0.252 e. The zero-order chi connectivity index (χ0) is 20.8. The Morgan fingerprint density at radius 3 is 2.48 bits per heavy atom. The van der Waals surface area contributed by atoms with Gasteiger partial charge in [-0.05, 0) is 49.8 Å². The maximum atomic E-state index is 12.9. The lowest BCUT2D eigenvalue weighted by atomic mass is 10.0. The molecule has 1 amide bonds. The summed E-state index contributed by atoms with van der Waals surface area (Å²) in [5.74, 6) is 2.75. The van der Waals surface area contributed by atoms with E-state index in [0.717, 1.165) is 31.5 Å². The summed E-state index contributed by atoms with van der Waals surface area (Å²) in [5, 5.41) is 7.11. The molecule has 0 saturated heterocycles. The number of carbonyl (C=O) groups is 1. The van der Waals surface area contributed by atoms with E-state index in [1.54, 1.807) is 18.2 Å². The zero-order valence-corrected chi connectivity index (χ0v) is 17.7. The van der Waals surface area contributed by atoms with Crippen LogP contribution in [0.5, 0.6) is 11.5 Å². The fraction of sp³-hybridized carbons (Fsp3) is 0.591. The molecule has 7 heteroatoms. The lowest BCUT2D eigenvalue weighted by Crippen LogP contribution is -2.32. The first-order valence-corrected chi connectivity index (χ1v) is 10.6. The minimum absolute atomic E-state index is 0.106. The number of amides is 1. The van der Waals surface area contributed by atoms with Crippen LogP contribution >= 0.6 is 0 Å². The van der Waals surface area contributed by atoms with Crippen molar-refractivity contribution in [1.82, 2.24) is 15.5 Å². The Bertz CT molecular complexity index is 814. The molecule has 2 aromatic rings. The van der Waals surface area contributed by atoms with E-state index in [2.05, 4.69) is 15.5 Å². The third-order valence-corrected chi connectivity index (χ3v) is 4.75. The minimum atomic E-state index is -0.349. The van der Waals surface area contributed by atoms with Gasteiger partial charge in [0.05, 0.1) is 13.2 Å². The molecule has 158 valence electrons. The standard InChI is InChI=1S/C22H31N3O4/c1-5-11-27-17-10-9-16(13-18(17)28-12-6-2)21(26)23-19(14(3)4)22-24-20(25-29-22)15-7-8-15/h9-10,13-15,19H,5-8,11-12H2,1-4H3,(H,23,26). The first-order chi connectivity index (χ1) is 14.0. The van der Waals surface area contributed by atoms with Gasteiger partial charge in [0.25, 0.3) is 5.91 Å². The topological polar surface area (TPSA) is 86.5 Å². The van der Waals surface area contributed by atoms with Crippen LogP contribution in [0.15, 0.2) is 22.7 Å². The molecule has 0 bridgehead atoms. The quantitative estimate of drug-likeness (QED) is 0.590. The summed E-state index contributed by atoms with van der Waals surface area (Å²) >= 11 is 0. The Labute approximate surface area is 172 Å². The van der Waals surface area contributed by atoms with Gasteiger partial charge in [-0.1, -0.05) is 32.9 Å².